The fourth-order valence-corrected chi connectivity index (χ4v) is 2.08. The second-order valence-corrected chi connectivity index (χ2v) is 7.70. The Morgan fingerprint density at radius 2 is 1.76 bits per heavy atom. The second-order valence-electron chi connectivity index (χ2n) is 5.63. The van der Waals surface area contributed by atoms with Gasteiger partial charge < -0.3 is 10.5 Å². The zero-order valence-corrected chi connectivity index (χ0v) is 12.1. The van der Waals surface area contributed by atoms with Crippen molar-refractivity contribution in [1.82, 2.24) is 0 Å². The maximum absolute atomic E-state index is 11.3. The predicted octanol–water partition coefficient (Wildman–Crippen LogP) is 1.86. The molecule has 0 saturated heterocycles. The molecule has 17 heavy (non-hydrogen) atoms. The average molecular weight is 263 g/mol. The molecule has 0 saturated carbocycles. The third kappa shape index (κ3) is 9.32. The lowest BCUT2D eigenvalue weighted by Gasteiger charge is -2.27. The van der Waals surface area contributed by atoms with Crippen molar-refractivity contribution in [1.29, 1.82) is 0 Å². The largest absolute Gasteiger partial charge is 0.375 e. The van der Waals surface area contributed by atoms with Gasteiger partial charge in [0.25, 0.3) is 0 Å². The molecule has 2 N–H and O–H groups in total. The van der Waals surface area contributed by atoms with E-state index in [2.05, 4.69) is 6.58 Å². The lowest BCUT2D eigenvalue weighted by Crippen LogP contribution is -2.35. The minimum absolute atomic E-state index is 0.0650. The van der Waals surface area contributed by atoms with Crippen LogP contribution in [0.25, 0.3) is 0 Å². The van der Waals surface area contributed by atoms with Crippen molar-refractivity contribution < 1.29 is 13.2 Å². The lowest BCUT2D eigenvalue weighted by molar-refractivity contribution is -0.0252. The summed E-state index contributed by atoms with van der Waals surface area (Å²) in [7, 11) is -3.15. The second kappa shape index (κ2) is 5.98. The van der Waals surface area contributed by atoms with E-state index < -0.39 is 15.4 Å². The van der Waals surface area contributed by atoms with Gasteiger partial charge in [0.1, 0.15) is 0 Å². The van der Waals surface area contributed by atoms with Gasteiger partial charge in [-0.1, -0.05) is 6.58 Å². The number of sulfone groups is 1. The van der Waals surface area contributed by atoms with Crippen LogP contribution in [0.2, 0.25) is 0 Å². The standard InChI is InChI=1S/C12H25NO3S/c1-6-17(14,15)10-8-12(4,5)16-9-7-11(2,3)13/h6H,1,7-10,13H2,2-5H3. The van der Waals surface area contributed by atoms with E-state index in [0.29, 0.717) is 13.0 Å². The molecular formula is C12H25NO3S. The molecule has 0 heterocycles. The molecule has 4 nitrogen and oxygen atoms in total. The molecule has 0 spiro atoms. The van der Waals surface area contributed by atoms with Crippen LogP contribution in [-0.4, -0.2) is 31.9 Å². The number of ether oxygens (including phenoxy) is 1. The summed E-state index contributed by atoms with van der Waals surface area (Å²) < 4.78 is 28.2. The zero-order valence-electron chi connectivity index (χ0n) is 11.3. The van der Waals surface area contributed by atoms with E-state index in [1.54, 1.807) is 0 Å². The highest BCUT2D eigenvalue weighted by Crippen LogP contribution is 2.17. The zero-order chi connectivity index (χ0) is 13.7. The molecule has 0 aromatic heterocycles. The van der Waals surface area contributed by atoms with Gasteiger partial charge in [-0.25, -0.2) is 8.42 Å². The van der Waals surface area contributed by atoms with E-state index in [1.165, 1.54) is 0 Å². The number of nitrogens with two attached hydrogens (primary N) is 1. The van der Waals surface area contributed by atoms with Crippen LogP contribution in [-0.2, 0) is 14.6 Å². The van der Waals surface area contributed by atoms with Gasteiger partial charge in [-0.05, 0) is 40.5 Å². The minimum atomic E-state index is -3.15. The van der Waals surface area contributed by atoms with Crippen molar-refractivity contribution >= 4 is 9.84 Å². The summed E-state index contributed by atoms with van der Waals surface area (Å²) in [6.07, 6.45) is 1.19. The fourth-order valence-electron chi connectivity index (χ4n) is 1.13. The summed E-state index contributed by atoms with van der Waals surface area (Å²) in [6, 6.07) is 0. The maximum Gasteiger partial charge on any atom is 0.171 e. The van der Waals surface area contributed by atoms with Gasteiger partial charge in [-0.3, -0.25) is 0 Å². The van der Waals surface area contributed by atoms with Gasteiger partial charge in [-0.15, -0.1) is 0 Å². The van der Waals surface area contributed by atoms with Crippen LogP contribution >= 0.6 is 0 Å². The van der Waals surface area contributed by atoms with Crippen LogP contribution in [0.15, 0.2) is 12.0 Å². The van der Waals surface area contributed by atoms with Crippen LogP contribution in [0, 0.1) is 0 Å². The quantitative estimate of drug-likeness (QED) is 0.725. The molecule has 0 aliphatic rings. The van der Waals surface area contributed by atoms with Crippen molar-refractivity contribution in [3.63, 3.8) is 0 Å². The molecule has 0 fully saturated rings. The minimum Gasteiger partial charge on any atom is -0.375 e. The molecule has 0 rings (SSSR count). The lowest BCUT2D eigenvalue weighted by atomic mass is 10.0. The van der Waals surface area contributed by atoms with Gasteiger partial charge in [0.2, 0.25) is 0 Å². The van der Waals surface area contributed by atoms with E-state index in [1.807, 2.05) is 27.7 Å². The number of hydrogen-bond donors (Lipinski definition) is 1. The summed E-state index contributed by atoms with van der Waals surface area (Å²) in [6.45, 7) is 11.5. The Labute approximate surface area is 105 Å². The third-order valence-corrected chi connectivity index (χ3v) is 3.76. The Morgan fingerprint density at radius 3 is 2.18 bits per heavy atom. The van der Waals surface area contributed by atoms with Crippen LogP contribution in [0.5, 0.6) is 0 Å². The fraction of sp³-hybridized carbons (Fsp3) is 0.833. The average Bonchev–Trinajstić information content (AvgIpc) is 2.13. The van der Waals surface area contributed by atoms with Crippen molar-refractivity contribution in [2.75, 3.05) is 12.4 Å². The molecule has 0 atom stereocenters. The highest BCUT2D eigenvalue weighted by Gasteiger charge is 2.22. The van der Waals surface area contributed by atoms with E-state index in [9.17, 15) is 8.42 Å². The SMILES string of the molecule is C=CS(=O)(=O)CCC(C)(C)OCCC(C)(C)N. The number of rotatable bonds is 8. The molecule has 0 aromatic rings. The smallest absolute Gasteiger partial charge is 0.171 e. The van der Waals surface area contributed by atoms with Gasteiger partial charge >= 0.3 is 0 Å². The van der Waals surface area contributed by atoms with Crippen LogP contribution in [0.1, 0.15) is 40.5 Å². The molecule has 102 valence electrons. The summed E-state index contributed by atoms with van der Waals surface area (Å²) in [5.74, 6) is 0.0650. The summed E-state index contributed by atoms with van der Waals surface area (Å²) in [5.41, 5.74) is 5.12. The molecule has 0 aliphatic carbocycles. The van der Waals surface area contributed by atoms with E-state index in [-0.39, 0.29) is 11.3 Å². The molecule has 0 radical (unpaired) electrons. The summed E-state index contributed by atoms with van der Waals surface area (Å²) >= 11 is 0. The normalized spacial score (nSPS) is 13.7. The molecule has 0 aliphatic heterocycles. The van der Waals surface area contributed by atoms with E-state index >= 15 is 0 Å². The molecule has 0 amide bonds. The van der Waals surface area contributed by atoms with Gasteiger partial charge in [0.05, 0.1) is 11.4 Å². The van der Waals surface area contributed by atoms with E-state index in [4.69, 9.17) is 10.5 Å². The highest BCUT2D eigenvalue weighted by molar-refractivity contribution is 7.94. The highest BCUT2D eigenvalue weighted by atomic mass is 32.2. The first-order chi connectivity index (χ1) is 7.47. The molecule has 0 aromatic carbocycles. The Balaban J connectivity index is 4.09. The van der Waals surface area contributed by atoms with Crippen molar-refractivity contribution in [2.24, 2.45) is 5.73 Å². The predicted molar refractivity (Wildman–Crippen MR) is 71.5 cm³/mol. The van der Waals surface area contributed by atoms with Crippen LogP contribution < -0.4 is 5.73 Å². The Bertz CT molecular complexity index is 339. The monoisotopic (exact) mass is 263 g/mol. The Morgan fingerprint density at radius 1 is 1.24 bits per heavy atom. The van der Waals surface area contributed by atoms with Crippen molar-refractivity contribution in [3.8, 4) is 0 Å². The third-order valence-electron chi connectivity index (χ3n) is 2.48. The first kappa shape index (κ1) is 16.6. The molecule has 0 bridgehead atoms. The molecular weight excluding hydrogens is 238 g/mol. The van der Waals surface area contributed by atoms with E-state index in [0.717, 1.165) is 11.8 Å². The van der Waals surface area contributed by atoms with Crippen molar-refractivity contribution in [2.45, 2.75) is 51.7 Å². The van der Waals surface area contributed by atoms with Crippen LogP contribution in [0.4, 0.5) is 0 Å². The number of hydrogen-bond acceptors (Lipinski definition) is 4. The summed E-state index contributed by atoms with van der Waals surface area (Å²) in [4.78, 5) is 0. The van der Waals surface area contributed by atoms with Crippen molar-refractivity contribution in [3.05, 3.63) is 12.0 Å². The Kier molecular flexibility index (Phi) is 5.84. The maximum atomic E-state index is 11.3. The molecule has 0 unspecified atom stereocenters. The van der Waals surface area contributed by atoms with Crippen LogP contribution in [0.3, 0.4) is 0 Å². The first-order valence-electron chi connectivity index (χ1n) is 5.75. The van der Waals surface area contributed by atoms with Gasteiger partial charge in [0.15, 0.2) is 9.84 Å². The summed E-state index contributed by atoms with van der Waals surface area (Å²) in [5, 5.41) is 0.992. The Hall–Kier alpha value is -0.390. The van der Waals surface area contributed by atoms with Gasteiger partial charge in [-0.2, -0.15) is 0 Å². The van der Waals surface area contributed by atoms with Gasteiger partial charge in [0, 0.05) is 17.6 Å². The molecule has 5 heteroatoms. The topological polar surface area (TPSA) is 69.4 Å². The first-order valence-corrected chi connectivity index (χ1v) is 7.47.